The molecule has 1 aromatic carbocycles. The summed E-state index contributed by atoms with van der Waals surface area (Å²) in [5.41, 5.74) is 3.06. The second-order valence-corrected chi connectivity index (χ2v) is 2.05. The van der Waals surface area contributed by atoms with E-state index in [1.807, 2.05) is 0 Å². The van der Waals surface area contributed by atoms with Crippen molar-refractivity contribution in [3.05, 3.63) is 35.4 Å². The Morgan fingerprint density at radius 3 is 1.91 bits per heavy atom. The molecule has 0 heterocycles. The standard InChI is InChI=1S/C7H6.CH2O2.ClH/c1-2-4-7-5-6(7)3-1;2-1-3;/h1-4H,5H2;1H,(H,2,3);1H. The molecule has 2 rings (SSSR count). The van der Waals surface area contributed by atoms with Gasteiger partial charge in [-0.2, -0.15) is 0 Å². The molecular weight excluding hydrogens is 164 g/mol. The van der Waals surface area contributed by atoms with Gasteiger partial charge >= 0.3 is 0 Å². The van der Waals surface area contributed by atoms with E-state index in [4.69, 9.17) is 9.90 Å². The van der Waals surface area contributed by atoms with Crippen molar-refractivity contribution in [2.45, 2.75) is 6.42 Å². The zero-order valence-corrected chi connectivity index (χ0v) is 6.67. The molecule has 0 unspecified atom stereocenters. The molecule has 1 aliphatic carbocycles. The van der Waals surface area contributed by atoms with E-state index in [1.54, 1.807) is 0 Å². The largest absolute Gasteiger partial charge is 0.483 e. The van der Waals surface area contributed by atoms with Crippen LogP contribution in [0.5, 0.6) is 0 Å². The van der Waals surface area contributed by atoms with Crippen LogP contribution in [0.3, 0.4) is 0 Å². The van der Waals surface area contributed by atoms with Crippen LogP contribution < -0.4 is 0 Å². The van der Waals surface area contributed by atoms with Crippen LogP contribution >= 0.6 is 12.4 Å². The maximum Gasteiger partial charge on any atom is 0.290 e. The van der Waals surface area contributed by atoms with Crippen LogP contribution in [-0.4, -0.2) is 11.6 Å². The van der Waals surface area contributed by atoms with Gasteiger partial charge in [0.05, 0.1) is 0 Å². The number of carboxylic acid groups (broad SMARTS) is 1. The van der Waals surface area contributed by atoms with Gasteiger partial charge in [-0.1, -0.05) is 24.3 Å². The molecule has 0 aromatic heterocycles. The van der Waals surface area contributed by atoms with Gasteiger partial charge in [0.15, 0.2) is 0 Å². The van der Waals surface area contributed by atoms with Crippen molar-refractivity contribution < 1.29 is 9.90 Å². The summed E-state index contributed by atoms with van der Waals surface area (Å²) in [5.74, 6) is 0. The Balaban J connectivity index is 0.000000225. The Morgan fingerprint density at radius 2 is 1.64 bits per heavy atom. The molecule has 3 heteroatoms. The molecule has 0 amide bonds. The van der Waals surface area contributed by atoms with E-state index in [-0.39, 0.29) is 18.9 Å². The summed E-state index contributed by atoms with van der Waals surface area (Å²) in [4.78, 5) is 8.36. The molecule has 1 N–H and O–H groups in total. The van der Waals surface area contributed by atoms with Gasteiger partial charge in [-0.15, -0.1) is 12.4 Å². The molecule has 0 spiro atoms. The highest BCUT2D eigenvalue weighted by atomic mass is 35.5. The van der Waals surface area contributed by atoms with E-state index in [1.165, 1.54) is 17.5 Å². The quantitative estimate of drug-likeness (QED) is 0.615. The first kappa shape index (κ1) is 9.98. The fourth-order valence-corrected chi connectivity index (χ4v) is 0.836. The lowest BCUT2D eigenvalue weighted by Crippen LogP contribution is -1.49. The SMILES string of the molecule is Cl.O=CO.c1ccc2c(c1)C2. The first-order valence-corrected chi connectivity index (χ1v) is 3.03. The molecular formula is C8H9ClO2. The molecule has 0 aliphatic heterocycles. The van der Waals surface area contributed by atoms with Crippen LogP contribution in [0.2, 0.25) is 0 Å². The van der Waals surface area contributed by atoms with Gasteiger partial charge in [-0.05, 0) is 17.5 Å². The smallest absolute Gasteiger partial charge is 0.290 e. The highest BCUT2D eigenvalue weighted by Gasteiger charge is 2.12. The molecule has 60 valence electrons. The molecule has 0 atom stereocenters. The third kappa shape index (κ3) is 3.05. The molecule has 0 saturated heterocycles. The number of rotatable bonds is 0. The van der Waals surface area contributed by atoms with Gasteiger partial charge in [0.2, 0.25) is 0 Å². The first-order chi connectivity index (χ1) is 4.88. The lowest BCUT2D eigenvalue weighted by molar-refractivity contribution is -0.122. The minimum Gasteiger partial charge on any atom is -0.483 e. The third-order valence-corrected chi connectivity index (χ3v) is 1.37. The van der Waals surface area contributed by atoms with Crippen LogP contribution in [0.4, 0.5) is 0 Å². The monoisotopic (exact) mass is 172 g/mol. The molecule has 0 radical (unpaired) electrons. The number of benzene rings is 1. The lowest BCUT2D eigenvalue weighted by Gasteiger charge is -1.69. The number of halogens is 1. The Bertz CT molecular complexity index is 214. The molecule has 0 bridgehead atoms. The van der Waals surface area contributed by atoms with Gasteiger partial charge in [0, 0.05) is 0 Å². The van der Waals surface area contributed by atoms with E-state index in [0.29, 0.717) is 0 Å². The Hall–Kier alpha value is -1.02. The van der Waals surface area contributed by atoms with E-state index in [9.17, 15) is 0 Å². The summed E-state index contributed by atoms with van der Waals surface area (Å²) in [6, 6.07) is 8.53. The van der Waals surface area contributed by atoms with E-state index in [2.05, 4.69) is 24.3 Å². The summed E-state index contributed by atoms with van der Waals surface area (Å²) in [6.45, 7) is -0.250. The van der Waals surface area contributed by atoms with Gasteiger partial charge in [0.25, 0.3) is 6.47 Å². The minimum absolute atomic E-state index is 0. The Kier molecular flexibility index (Phi) is 4.30. The number of carbonyl (C=O) groups is 1. The van der Waals surface area contributed by atoms with Crippen molar-refractivity contribution in [2.24, 2.45) is 0 Å². The predicted molar refractivity (Wildman–Crippen MR) is 45.2 cm³/mol. The zero-order chi connectivity index (χ0) is 7.40. The summed E-state index contributed by atoms with van der Waals surface area (Å²) >= 11 is 0. The van der Waals surface area contributed by atoms with E-state index in [0.717, 1.165) is 0 Å². The summed E-state index contributed by atoms with van der Waals surface area (Å²) < 4.78 is 0. The van der Waals surface area contributed by atoms with E-state index < -0.39 is 0 Å². The minimum atomic E-state index is -0.250. The average Bonchev–Trinajstić information content (AvgIpc) is 2.66. The molecule has 2 nitrogen and oxygen atoms in total. The maximum atomic E-state index is 8.36. The third-order valence-electron chi connectivity index (χ3n) is 1.37. The normalized spacial score (nSPS) is 9.45. The second-order valence-electron chi connectivity index (χ2n) is 2.05. The molecule has 0 saturated carbocycles. The van der Waals surface area contributed by atoms with Crippen LogP contribution in [0, 0.1) is 0 Å². The number of hydrogen-bond acceptors (Lipinski definition) is 1. The highest BCUT2D eigenvalue weighted by molar-refractivity contribution is 5.85. The van der Waals surface area contributed by atoms with Crippen LogP contribution in [0.25, 0.3) is 0 Å². The van der Waals surface area contributed by atoms with Gasteiger partial charge in [-0.25, -0.2) is 0 Å². The van der Waals surface area contributed by atoms with Gasteiger partial charge in [0.1, 0.15) is 0 Å². The van der Waals surface area contributed by atoms with Gasteiger partial charge in [-0.3, -0.25) is 4.79 Å². The maximum absolute atomic E-state index is 8.36. The molecule has 11 heavy (non-hydrogen) atoms. The van der Waals surface area contributed by atoms with Gasteiger partial charge < -0.3 is 5.11 Å². The van der Waals surface area contributed by atoms with Crippen LogP contribution in [0.15, 0.2) is 24.3 Å². The van der Waals surface area contributed by atoms with E-state index >= 15 is 0 Å². The number of hydrogen-bond donors (Lipinski definition) is 1. The fourth-order valence-electron chi connectivity index (χ4n) is 0.836. The van der Waals surface area contributed by atoms with Crippen molar-refractivity contribution >= 4 is 18.9 Å². The molecule has 1 aliphatic rings. The summed E-state index contributed by atoms with van der Waals surface area (Å²) in [7, 11) is 0. The van der Waals surface area contributed by atoms with Crippen molar-refractivity contribution in [3.63, 3.8) is 0 Å². The predicted octanol–water partition coefficient (Wildman–Crippen LogP) is 1.71. The topological polar surface area (TPSA) is 37.3 Å². The van der Waals surface area contributed by atoms with Crippen molar-refractivity contribution in [2.75, 3.05) is 0 Å². The second kappa shape index (κ2) is 4.74. The summed E-state index contributed by atoms with van der Waals surface area (Å²) in [6.07, 6.45) is 1.24. The average molecular weight is 173 g/mol. The van der Waals surface area contributed by atoms with Crippen molar-refractivity contribution in [1.29, 1.82) is 0 Å². The lowest BCUT2D eigenvalue weighted by atomic mass is 10.4. The fraction of sp³-hybridized carbons (Fsp3) is 0.125. The summed E-state index contributed by atoms with van der Waals surface area (Å²) in [5, 5.41) is 6.89. The Morgan fingerprint density at radius 1 is 1.27 bits per heavy atom. The highest BCUT2D eigenvalue weighted by Crippen LogP contribution is 2.25. The van der Waals surface area contributed by atoms with Crippen molar-refractivity contribution in [3.8, 4) is 0 Å². The van der Waals surface area contributed by atoms with Crippen LogP contribution in [-0.2, 0) is 11.2 Å². The molecule has 1 aromatic rings. The first-order valence-electron chi connectivity index (χ1n) is 3.03. The molecule has 0 fully saturated rings. The number of fused-ring (bicyclic) bond motifs is 1. The Labute approximate surface area is 71.3 Å². The van der Waals surface area contributed by atoms with Crippen molar-refractivity contribution in [1.82, 2.24) is 0 Å². The van der Waals surface area contributed by atoms with Crippen LogP contribution in [0.1, 0.15) is 11.1 Å². The zero-order valence-electron chi connectivity index (χ0n) is 5.86.